The molecule has 2 rings (SSSR count). The molecule has 18 heavy (non-hydrogen) atoms. The largest absolute Gasteiger partial charge is 0.344 e. The lowest BCUT2D eigenvalue weighted by atomic mass is 10.1. The van der Waals surface area contributed by atoms with Crippen molar-refractivity contribution in [1.29, 1.82) is 0 Å². The highest BCUT2D eigenvalue weighted by atomic mass is 32.2. The molecule has 2 unspecified atom stereocenters. The van der Waals surface area contributed by atoms with E-state index in [0.717, 1.165) is 31.6 Å². The number of nitrogens with one attached hydrogen (secondary N) is 1. The summed E-state index contributed by atoms with van der Waals surface area (Å²) in [5.74, 6) is 1.61. The SMILES string of the molecule is CSCCCN1C(=O)C(C2CC2)NC(=O)CC1C. The molecule has 2 amide bonds. The predicted octanol–water partition coefficient (Wildman–Crippen LogP) is 1.26. The normalized spacial score (nSPS) is 29.1. The maximum atomic E-state index is 12.5. The van der Waals surface area contributed by atoms with Crippen LogP contribution in [0.3, 0.4) is 0 Å². The van der Waals surface area contributed by atoms with Gasteiger partial charge in [0.25, 0.3) is 0 Å². The third-order valence-electron chi connectivity index (χ3n) is 3.72. The number of carbonyl (C=O) groups is 2. The third kappa shape index (κ3) is 3.19. The Hall–Kier alpha value is -0.710. The van der Waals surface area contributed by atoms with Crippen molar-refractivity contribution in [3.8, 4) is 0 Å². The molecule has 2 aliphatic rings. The Balaban J connectivity index is 2.03. The molecule has 4 nitrogen and oxygen atoms in total. The number of thioether (sulfide) groups is 1. The number of amides is 2. The quantitative estimate of drug-likeness (QED) is 0.765. The van der Waals surface area contributed by atoms with E-state index in [1.807, 2.05) is 11.8 Å². The zero-order valence-corrected chi connectivity index (χ0v) is 12.0. The second-order valence-electron chi connectivity index (χ2n) is 5.31. The lowest BCUT2D eigenvalue weighted by Gasteiger charge is -2.28. The molecular formula is C13H22N2O2S. The summed E-state index contributed by atoms with van der Waals surface area (Å²) >= 11 is 1.80. The highest BCUT2D eigenvalue weighted by Crippen LogP contribution is 2.34. The first-order valence-corrected chi connectivity index (χ1v) is 8.11. The van der Waals surface area contributed by atoms with Crippen LogP contribution >= 0.6 is 11.8 Å². The molecule has 0 aromatic rings. The minimum absolute atomic E-state index is 0.0279. The van der Waals surface area contributed by atoms with Crippen molar-refractivity contribution in [1.82, 2.24) is 10.2 Å². The first kappa shape index (κ1) is 13.7. The van der Waals surface area contributed by atoms with Crippen molar-refractivity contribution in [3.63, 3.8) is 0 Å². The topological polar surface area (TPSA) is 49.4 Å². The summed E-state index contributed by atoms with van der Waals surface area (Å²) in [6, 6.07) is -0.222. The Kier molecular flexibility index (Phi) is 4.54. The van der Waals surface area contributed by atoms with Gasteiger partial charge in [-0.3, -0.25) is 9.59 Å². The molecular weight excluding hydrogens is 248 g/mol. The van der Waals surface area contributed by atoms with Crippen molar-refractivity contribution in [2.24, 2.45) is 5.92 Å². The second-order valence-corrected chi connectivity index (χ2v) is 6.30. The van der Waals surface area contributed by atoms with E-state index in [0.29, 0.717) is 12.3 Å². The zero-order valence-electron chi connectivity index (χ0n) is 11.1. The van der Waals surface area contributed by atoms with E-state index in [-0.39, 0.29) is 23.9 Å². The number of rotatable bonds is 5. The number of hydrogen-bond acceptors (Lipinski definition) is 3. The lowest BCUT2D eigenvalue weighted by Crippen LogP contribution is -2.47. The number of hydrogen-bond donors (Lipinski definition) is 1. The van der Waals surface area contributed by atoms with Crippen LogP contribution in [0.4, 0.5) is 0 Å². The zero-order chi connectivity index (χ0) is 13.1. The maximum Gasteiger partial charge on any atom is 0.245 e. The molecule has 1 saturated carbocycles. The van der Waals surface area contributed by atoms with E-state index in [2.05, 4.69) is 11.6 Å². The highest BCUT2D eigenvalue weighted by molar-refractivity contribution is 7.98. The van der Waals surface area contributed by atoms with Crippen LogP contribution in [0.5, 0.6) is 0 Å². The van der Waals surface area contributed by atoms with E-state index in [9.17, 15) is 9.59 Å². The van der Waals surface area contributed by atoms with Crippen molar-refractivity contribution in [2.75, 3.05) is 18.6 Å². The average molecular weight is 270 g/mol. The molecule has 1 aliphatic heterocycles. The molecule has 0 aromatic heterocycles. The summed E-state index contributed by atoms with van der Waals surface area (Å²) in [4.78, 5) is 26.2. The summed E-state index contributed by atoms with van der Waals surface area (Å²) in [7, 11) is 0. The molecule has 102 valence electrons. The minimum Gasteiger partial charge on any atom is -0.344 e. The fourth-order valence-corrected chi connectivity index (χ4v) is 2.95. The Morgan fingerprint density at radius 2 is 2.11 bits per heavy atom. The van der Waals surface area contributed by atoms with E-state index in [1.165, 1.54) is 0 Å². The highest BCUT2D eigenvalue weighted by Gasteiger charge is 2.42. The molecule has 1 heterocycles. The third-order valence-corrected chi connectivity index (χ3v) is 4.42. The van der Waals surface area contributed by atoms with Crippen molar-refractivity contribution in [3.05, 3.63) is 0 Å². The molecule has 5 heteroatoms. The molecule has 1 N–H and O–H groups in total. The fourth-order valence-electron chi connectivity index (χ4n) is 2.53. The van der Waals surface area contributed by atoms with E-state index in [1.54, 1.807) is 11.8 Å². The van der Waals surface area contributed by atoms with Crippen LogP contribution in [-0.4, -0.2) is 47.4 Å². The summed E-state index contributed by atoms with van der Waals surface area (Å²) in [6.07, 6.45) is 5.66. The summed E-state index contributed by atoms with van der Waals surface area (Å²) in [6.45, 7) is 2.75. The molecule has 1 saturated heterocycles. The standard InChI is InChI=1S/C13H22N2O2S/c1-9-8-11(16)14-12(10-4-5-10)13(17)15(9)6-3-7-18-2/h9-10,12H,3-8H2,1-2H3,(H,14,16). The van der Waals surface area contributed by atoms with Gasteiger partial charge in [-0.2, -0.15) is 11.8 Å². The Morgan fingerprint density at radius 3 is 2.72 bits per heavy atom. The number of carbonyl (C=O) groups excluding carboxylic acids is 2. The molecule has 2 atom stereocenters. The van der Waals surface area contributed by atoms with Crippen molar-refractivity contribution < 1.29 is 9.59 Å². The number of nitrogens with zero attached hydrogens (tertiary/aromatic N) is 1. The second kappa shape index (κ2) is 5.95. The van der Waals surface area contributed by atoms with Gasteiger partial charge in [-0.05, 0) is 44.1 Å². The van der Waals surface area contributed by atoms with Gasteiger partial charge in [0.1, 0.15) is 6.04 Å². The molecule has 2 fully saturated rings. The first-order chi connectivity index (χ1) is 8.63. The predicted molar refractivity (Wildman–Crippen MR) is 73.4 cm³/mol. The Labute approximate surface area is 113 Å². The maximum absolute atomic E-state index is 12.5. The van der Waals surface area contributed by atoms with Gasteiger partial charge in [0.15, 0.2) is 0 Å². The lowest BCUT2D eigenvalue weighted by molar-refractivity contribution is -0.135. The van der Waals surface area contributed by atoms with Gasteiger partial charge in [-0.15, -0.1) is 0 Å². The van der Waals surface area contributed by atoms with Gasteiger partial charge in [0, 0.05) is 19.0 Å². The van der Waals surface area contributed by atoms with Crippen LogP contribution in [0, 0.1) is 5.92 Å². The van der Waals surface area contributed by atoms with Crippen LogP contribution < -0.4 is 5.32 Å². The fraction of sp³-hybridized carbons (Fsp3) is 0.846. The minimum atomic E-state index is -0.253. The Bertz CT molecular complexity index is 331. The molecule has 0 aromatic carbocycles. The van der Waals surface area contributed by atoms with Gasteiger partial charge in [-0.25, -0.2) is 0 Å². The van der Waals surface area contributed by atoms with Gasteiger partial charge >= 0.3 is 0 Å². The van der Waals surface area contributed by atoms with E-state index in [4.69, 9.17) is 0 Å². The van der Waals surface area contributed by atoms with Crippen LogP contribution in [0.15, 0.2) is 0 Å². The smallest absolute Gasteiger partial charge is 0.245 e. The van der Waals surface area contributed by atoms with Crippen LogP contribution in [0.25, 0.3) is 0 Å². The van der Waals surface area contributed by atoms with Gasteiger partial charge in [0.05, 0.1) is 0 Å². The van der Waals surface area contributed by atoms with Crippen LogP contribution in [0.2, 0.25) is 0 Å². The molecule has 1 aliphatic carbocycles. The van der Waals surface area contributed by atoms with E-state index >= 15 is 0 Å². The van der Waals surface area contributed by atoms with Crippen molar-refractivity contribution >= 4 is 23.6 Å². The van der Waals surface area contributed by atoms with Crippen LogP contribution in [-0.2, 0) is 9.59 Å². The van der Waals surface area contributed by atoms with Gasteiger partial charge in [0.2, 0.25) is 11.8 Å². The molecule has 0 bridgehead atoms. The molecule has 0 spiro atoms. The average Bonchev–Trinajstić information content (AvgIpc) is 3.14. The van der Waals surface area contributed by atoms with Crippen LogP contribution in [0.1, 0.15) is 32.6 Å². The molecule has 0 radical (unpaired) electrons. The van der Waals surface area contributed by atoms with Gasteiger partial charge < -0.3 is 10.2 Å². The van der Waals surface area contributed by atoms with Crippen molar-refractivity contribution in [2.45, 2.75) is 44.7 Å². The summed E-state index contributed by atoms with van der Waals surface area (Å²) < 4.78 is 0. The summed E-state index contributed by atoms with van der Waals surface area (Å²) in [5.41, 5.74) is 0. The van der Waals surface area contributed by atoms with E-state index < -0.39 is 0 Å². The van der Waals surface area contributed by atoms with Gasteiger partial charge in [-0.1, -0.05) is 0 Å². The summed E-state index contributed by atoms with van der Waals surface area (Å²) in [5, 5.41) is 2.91. The first-order valence-electron chi connectivity index (χ1n) is 6.72. The Morgan fingerprint density at radius 1 is 1.39 bits per heavy atom. The monoisotopic (exact) mass is 270 g/mol.